The van der Waals surface area contributed by atoms with Gasteiger partial charge >= 0.3 is 6.03 Å². The minimum Gasteiger partial charge on any atom is -0.321 e. The van der Waals surface area contributed by atoms with Crippen molar-refractivity contribution < 1.29 is 9.18 Å². The Kier molecular flexibility index (Phi) is 6.50. The number of nitriles is 1. The average molecular weight is 481 g/mol. The monoisotopic (exact) mass is 480 g/mol. The molecule has 0 bridgehead atoms. The molecule has 2 aromatic carbocycles. The van der Waals surface area contributed by atoms with Gasteiger partial charge in [0, 0.05) is 18.3 Å². The second kappa shape index (κ2) is 9.56. The van der Waals surface area contributed by atoms with Crippen molar-refractivity contribution in [2.75, 3.05) is 25.0 Å². The fourth-order valence-electron chi connectivity index (χ4n) is 6.06. The lowest BCUT2D eigenvalue weighted by atomic mass is 9.79. The van der Waals surface area contributed by atoms with Gasteiger partial charge in [-0.1, -0.05) is 23.7 Å². The van der Waals surface area contributed by atoms with E-state index in [0.717, 1.165) is 58.2 Å². The van der Waals surface area contributed by atoms with Gasteiger partial charge in [0.15, 0.2) is 0 Å². The van der Waals surface area contributed by atoms with E-state index in [2.05, 4.69) is 22.8 Å². The number of urea groups is 1. The van der Waals surface area contributed by atoms with Crippen LogP contribution in [-0.4, -0.2) is 36.6 Å². The molecule has 7 heteroatoms. The van der Waals surface area contributed by atoms with Gasteiger partial charge in [-0.15, -0.1) is 0 Å². The summed E-state index contributed by atoms with van der Waals surface area (Å²) in [6.07, 6.45) is 6.18. The molecule has 2 saturated carbocycles. The number of halogens is 2. The summed E-state index contributed by atoms with van der Waals surface area (Å²) in [5, 5.41) is 15.7. The zero-order chi connectivity index (χ0) is 23.7. The largest absolute Gasteiger partial charge is 0.322 e. The van der Waals surface area contributed by atoms with E-state index in [-0.39, 0.29) is 22.5 Å². The van der Waals surface area contributed by atoms with Crippen LogP contribution in [0.5, 0.6) is 0 Å². The molecule has 5 rings (SSSR count). The summed E-state index contributed by atoms with van der Waals surface area (Å²) < 4.78 is 13.6. The maximum Gasteiger partial charge on any atom is 0.322 e. The number of piperidine rings is 1. The predicted octanol–water partition coefficient (Wildman–Crippen LogP) is 5.69. The third-order valence-corrected chi connectivity index (χ3v) is 8.35. The van der Waals surface area contributed by atoms with E-state index < -0.39 is 5.82 Å². The molecule has 0 spiro atoms. The van der Waals surface area contributed by atoms with Crippen LogP contribution in [0.1, 0.15) is 49.7 Å². The molecule has 3 fully saturated rings. The molecule has 1 saturated heterocycles. The molecule has 1 heterocycles. The zero-order valence-electron chi connectivity index (χ0n) is 19.2. The van der Waals surface area contributed by atoms with Crippen LogP contribution in [0.3, 0.4) is 0 Å². The molecule has 2 amide bonds. The van der Waals surface area contributed by atoms with Gasteiger partial charge in [0.1, 0.15) is 5.82 Å². The molecule has 178 valence electrons. The molecule has 5 nitrogen and oxygen atoms in total. The lowest BCUT2D eigenvalue weighted by Crippen LogP contribution is -2.48. The molecule has 2 aliphatic carbocycles. The summed E-state index contributed by atoms with van der Waals surface area (Å²) in [5.41, 5.74) is 2.65. The first-order chi connectivity index (χ1) is 16.5. The number of anilines is 1. The van der Waals surface area contributed by atoms with Crippen molar-refractivity contribution >= 4 is 23.3 Å². The molecule has 3 aliphatic rings. The molecule has 3 atom stereocenters. The number of carbonyl (C=O) groups excluding carboxylic acids is 1. The van der Waals surface area contributed by atoms with Gasteiger partial charge in [-0.3, -0.25) is 0 Å². The van der Waals surface area contributed by atoms with Crippen LogP contribution in [-0.2, 0) is 5.41 Å². The van der Waals surface area contributed by atoms with Crippen molar-refractivity contribution in [1.82, 2.24) is 10.2 Å². The number of hydrogen-bond donors (Lipinski definition) is 2. The fourth-order valence-corrected chi connectivity index (χ4v) is 6.24. The Labute approximate surface area is 205 Å². The van der Waals surface area contributed by atoms with E-state index in [1.165, 1.54) is 17.7 Å². The van der Waals surface area contributed by atoms with Gasteiger partial charge in [0.05, 0.1) is 16.7 Å². The fraction of sp³-hybridized carbons (Fsp3) is 0.481. The first-order valence-corrected chi connectivity index (χ1v) is 12.6. The van der Waals surface area contributed by atoms with Gasteiger partial charge in [-0.05, 0) is 105 Å². The van der Waals surface area contributed by atoms with Crippen LogP contribution in [0.15, 0.2) is 42.5 Å². The highest BCUT2D eigenvalue weighted by molar-refractivity contribution is 6.31. The van der Waals surface area contributed by atoms with Crippen LogP contribution in [0.25, 0.3) is 0 Å². The van der Waals surface area contributed by atoms with Gasteiger partial charge in [0.25, 0.3) is 0 Å². The minimum atomic E-state index is -0.496. The zero-order valence-corrected chi connectivity index (χ0v) is 20.0. The number of hydrogen-bond acceptors (Lipinski definition) is 3. The quantitative estimate of drug-likeness (QED) is 0.577. The Balaban J connectivity index is 1.32. The van der Waals surface area contributed by atoms with E-state index >= 15 is 0 Å². The van der Waals surface area contributed by atoms with E-state index in [0.29, 0.717) is 23.1 Å². The summed E-state index contributed by atoms with van der Waals surface area (Å²) in [6.45, 7) is 2.70. The van der Waals surface area contributed by atoms with Crippen molar-refractivity contribution in [2.24, 2.45) is 11.8 Å². The topological polar surface area (TPSA) is 68.2 Å². The first-order valence-electron chi connectivity index (χ1n) is 12.2. The summed E-state index contributed by atoms with van der Waals surface area (Å²) in [5.74, 6) is 0.509. The van der Waals surface area contributed by atoms with Crippen LogP contribution in [0.4, 0.5) is 14.9 Å². The molecule has 2 aromatic rings. The number of amides is 2. The number of rotatable bonds is 5. The van der Waals surface area contributed by atoms with Gasteiger partial charge in [-0.2, -0.15) is 5.26 Å². The van der Waals surface area contributed by atoms with Crippen LogP contribution >= 0.6 is 11.6 Å². The van der Waals surface area contributed by atoms with Crippen LogP contribution < -0.4 is 10.6 Å². The number of nitrogens with zero attached hydrogens (tertiary/aromatic N) is 2. The molecule has 2 N–H and O–H groups in total. The highest BCUT2D eigenvalue weighted by Gasteiger charge is 2.58. The predicted molar refractivity (Wildman–Crippen MR) is 131 cm³/mol. The molecular formula is C27H30ClFN4O. The summed E-state index contributed by atoms with van der Waals surface area (Å²) in [7, 11) is 0. The summed E-state index contributed by atoms with van der Waals surface area (Å²) in [4.78, 5) is 15.5. The van der Waals surface area contributed by atoms with Gasteiger partial charge < -0.3 is 15.5 Å². The van der Waals surface area contributed by atoms with Crippen molar-refractivity contribution in [3.63, 3.8) is 0 Å². The highest BCUT2D eigenvalue weighted by Crippen LogP contribution is 2.63. The molecule has 34 heavy (non-hydrogen) atoms. The second-order valence-electron chi connectivity index (χ2n) is 10.1. The smallest absolute Gasteiger partial charge is 0.321 e. The Bertz CT molecular complexity index is 1110. The maximum absolute atomic E-state index is 13.6. The molecular weight excluding hydrogens is 451 g/mol. The van der Waals surface area contributed by atoms with E-state index in [1.54, 1.807) is 6.07 Å². The Morgan fingerprint density at radius 1 is 1.24 bits per heavy atom. The Morgan fingerprint density at radius 2 is 2.06 bits per heavy atom. The van der Waals surface area contributed by atoms with Crippen molar-refractivity contribution in [2.45, 2.75) is 50.0 Å². The van der Waals surface area contributed by atoms with Crippen LogP contribution in [0.2, 0.25) is 5.02 Å². The number of carbonyl (C=O) groups is 1. The highest BCUT2D eigenvalue weighted by atomic mass is 35.5. The minimum absolute atomic E-state index is 0.00253. The number of fused-ring (bicyclic) bond motifs is 1. The summed E-state index contributed by atoms with van der Waals surface area (Å²) in [6, 6.07) is 14.6. The van der Waals surface area contributed by atoms with Gasteiger partial charge in [0.2, 0.25) is 0 Å². The molecule has 1 aliphatic heterocycles. The van der Waals surface area contributed by atoms with E-state index in [1.807, 2.05) is 23.1 Å². The third kappa shape index (κ3) is 4.64. The van der Waals surface area contributed by atoms with Crippen molar-refractivity contribution in [1.29, 1.82) is 5.26 Å². The van der Waals surface area contributed by atoms with E-state index in [9.17, 15) is 14.4 Å². The lowest BCUT2D eigenvalue weighted by Gasteiger charge is -2.39. The van der Waals surface area contributed by atoms with Crippen LogP contribution in [0, 0.1) is 29.0 Å². The molecule has 0 unspecified atom stereocenters. The van der Waals surface area contributed by atoms with E-state index in [4.69, 9.17) is 11.6 Å². The normalized spacial score (nSPS) is 26.3. The van der Waals surface area contributed by atoms with Gasteiger partial charge in [-0.25, -0.2) is 9.18 Å². The SMILES string of the molecule is N#Cc1cccc([C@]23CC[C@@H](N(CC4CCNCC4)C(=O)Nc4ccc(F)c(Cl)c4)C[C@H]2C3)c1. The molecule has 0 radical (unpaired) electrons. The first kappa shape index (κ1) is 23.1. The second-order valence-corrected chi connectivity index (χ2v) is 10.5. The Hall–Kier alpha value is -2.62. The van der Waals surface area contributed by atoms with Crippen molar-refractivity contribution in [3.8, 4) is 6.07 Å². The van der Waals surface area contributed by atoms with Crippen molar-refractivity contribution in [3.05, 3.63) is 64.4 Å². The third-order valence-electron chi connectivity index (χ3n) is 8.06. The summed E-state index contributed by atoms with van der Waals surface area (Å²) >= 11 is 5.93. The lowest BCUT2D eigenvalue weighted by molar-refractivity contribution is 0.139. The number of benzene rings is 2. The Morgan fingerprint density at radius 3 is 2.79 bits per heavy atom. The average Bonchev–Trinajstić information content (AvgIpc) is 3.60. The number of nitrogens with one attached hydrogen (secondary N) is 2. The standard InChI is InChI=1S/C27H30ClFN4O/c28-24-14-22(4-5-25(24)29)32-26(34)33(17-18-7-10-31-11-8-18)23-6-9-27(15-21(27)13-23)20-3-1-2-19(12-20)16-30/h1-5,12,14,18,21,23,31H,6-11,13,15,17H2,(H,32,34)/t21-,23+,27+/m0/s1. The maximum atomic E-state index is 13.6. The molecule has 0 aromatic heterocycles.